The molecule has 5 heteroatoms. The Kier molecular flexibility index (Phi) is 3.12. The summed E-state index contributed by atoms with van der Waals surface area (Å²) >= 11 is 3.21. The zero-order valence-electron chi connectivity index (χ0n) is 13.2. The number of fused-ring (bicyclic) bond motifs is 3. The van der Waals surface area contributed by atoms with Gasteiger partial charge in [-0.05, 0) is 21.9 Å². The van der Waals surface area contributed by atoms with E-state index in [-0.39, 0.29) is 11.2 Å². The fraction of sp³-hybridized carbons (Fsp3) is 0.0500. The van der Waals surface area contributed by atoms with Crippen LogP contribution in [0.2, 0.25) is 0 Å². The maximum atomic E-state index is 12.1. The van der Waals surface area contributed by atoms with Crippen LogP contribution in [0.5, 0.6) is 0 Å². The van der Waals surface area contributed by atoms with Gasteiger partial charge in [-0.15, -0.1) is 0 Å². The van der Waals surface area contributed by atoms with Crippen LogP contribution >= 0.6 is 15.9 Å². The number of carbonyl (C=O) groups excluding carboxylic acids is 1. The lowest BCUT2D eigenvalue weighted by Crippen LogP contribution is -2.23. The molecule has 3 aromatic rings. The zero-order chi connectivity index (χ0) is 17.0. The lowest BCUT2D eigenvalue weighted by Gasteiger charge is -1.95. The highest BCUT2D eigenvalue weighted by Crippen LogP contribution is 2.30. The summed E-state index contributed by atoms with van der Waals surface area (Å²) in [5.74, 6) is -0.216. The number of nitrogens with zero attached hydrogens (tertiary/aromatic N) is 2. The topological polar surface area (TPSA) is 51.1 Å². The highest BCUT2D eigenvalue weighted by Gasteiger charge is 2.19. The van der Waals surface area contributed by atoms with Gasteiger partial charge in [-0.25, -0.2) is 0 Å². The molecule has 1 heterocycles. The highest BCUT2D eigenvalue weighted by molar-refractivity contribution is 9.09. The molecule has 1 aliphatic carbocycles. The Morgan fingerprint density at radius 2 is 1.76 bits per heavy atom. The molecule has 0 saturated carbocycles. The molecule has 5 rings (SSSR count). The summed E-state index contributed by atoms with van der Waals surface area (Å²) in [5, 5.41) is 11.1. The molecule has 0 aromatic heterocycles. The number of amides is 1. The molecule has 0 unspecified atom stereocenters. The van der Waals surface area contributed by atoms with Crippen LogP contribution in [0.3, 0.4) is 0 Å². The summed E-state index contributed by atoms with van der Waals surface area (Å²) in [6.45, 7) is 0. The Morgan fingerprint density at radius 3 is 2.56 bits per heavy atom. The van der Waals surface area contributed by atoms with Crippen molar-refractivity contribution in [2.24, 2.45) is 5.11 Å². The largest absolute Gasteiger partial charge is 0.344 e. The van der Waals surface area contributed by atoms with Gasteiger partial charge in [0.2, 0.25) is 0 Å². The maximum Gasteiger partial charge on any atom is 0.319 e. The van der Waals surface area contributed by atoms with Gasteiger partial charge in [0.05, 0.1) is 10.7 Å². The third-order valence-corrected chi connectivity index (χ3v) is 5.08. The van der Waals surface area contributed by atoms with Gasteiger partial charge in [0, 0.05) is 22.0 Å². The average molecular weight is 391 g/mol. The van der Waals surface area contributed by atoms with Gasteiger partial charge in [0.1, 0.15) is 10.9 Å². The van der Waals surface area contributed by atoms with E-state index in [4.69, 9.17) is 0 Å². The van der Waals surface area contributed by atoms with Crippen LogP contribution in [0, 0.1) is 10.7 Å². The van der Waals surface area contributed by atoms with Crippen LogP contribution < -0.4 is 4.36 Å². The minimum Gasteiger partial charge on any atom is -0.344 e. The summed E-state index contributed by atoms with van der Waals surface area (Å²) in [5.41, 5.74) is 1.82. The molecule has 0 saturated heterocycles. The van der Waals surface area contributed by atoms with Gasteiger partial charge in [-0.1, -0.05) is 58.4 Å². The molecule has 2 aliphatic rings. The Hall–Kier alpha value is -2.79. The molecular formula is C20H13BrN3O+. The van der Waals surface area contributed by atoms with Crippen molar-refractivity contribution in [2.45, 2.75) is 0 Å². The van der Waals surface area contributed by atoms with Crippen LogP contribution in [0.4, 0.5) is 0 Å². The number of H-pyrrole nitrogens is 1. The quantitative estimate of drug-likeness (QED) is 0.339. The lowest BCUT2D eigenvalue weighted by atomic mass is 10.1. The highest BCUT2D eigenvalue weighted by atomic mass is 79.9. The second kappa shape index (κ2) is 5.36. The van der Waals surface area contributed by atoms with Crippen molar-refractivity contribution in [3.8, 4) is 0 Å². The minimum absolute atomic E-state index is 0.193. The first-order valence-electron chi connectivity index (χ1n) is 8.01. The molecule has 1 N–H and O–H groups in total. The molecular weight excluding hydrogens is 378 g/mol. The number of rotatable bonds is 1. The van der Waals surface area contributed by atoms with E-state index in [9.17, 15) is 4.79 Å². The van der Waals surface area contributed by atoms with Gasteiger partial charge in [-0.2, -0.15) is 0 Å². The van der Waals surface area contributed by atoms with E-state index < -0.39 is 0 Å². The van der Waals surface area contributed by atoms with Crippen molar-refractivity contribution >= 4 is 54.4 Å². The van der Waals surface area contributed by atoms with Gasteiger partial charge in [0.15, 0.2) is 0 Å². The molecule has 3 aromatic carbocycles. The van der Waals surface area contributed by atoms with Crippen molar-refractivity contribution in [3.63, 3.8) is 0 Å². The van der Waals surface area contributed by atoms with Crippen LogP contribution in [-0.2, 0) is 4.79 Å². The number of alkyl halides is 1. The SMILES string of the molecule is O=C(CBr)N=[n+]1c2c3cccc4cccc(c=2[nH]c2ccccc21)c43. The van der Waals surface area contributed by atoms with E-state index in [0.717, 1.165) is 32.5 Å². The summed E-state index contributed by atoms with van der Waals surface area (Å²) < 4.78 is 1.78. The molecule has 0 radical (unpaired) electrons. The molecule has 120 valence electrons. The van der Waals surface area contributed by atoms with E-state index in [1.807, 2.05) is 30.3 Å². The van der Waals surface area contributed by atoms with E-state index in [1.54, 1.807) is 4.36 Å². The summed E-state index contributed by atoms with van der Waals surface area (Å²) in [7, 11) is 0. The second-order valence-electron chi connectivity index (χ2n) is 6.01. The van der Waals surface area contributed by atoms with Crippen molar-refractivity contribution in [2.75, 3.05) is 5.33 Å². The predicted molar refractivity (Wildman–Crippen MR) is 101 cm³/mol. The van der Waals surface area contributed by atoms with E-state index >= 15 is 0 Å². The molecule has 1 amide bonds. The van der Waals surface area contributed by atoms with Gasteiger partial charge in [-0.3, -0.25) is 4.79 Å². The Balaban J connectivity index is 2.21. The van der Waals surface area contributed by atoms with Crippen LogP contribution in [0.25, 0.3) is 32.6 Å². The number of para-hydroxylation sites is 2. The Morgan fingerprint density at radius 1 is 1.00 bits per heavy atom. The van der Waals surface area contributed by atoms with E-state index in [2.05, 4.69) is 56.4 Å². The van der Waals surface area contributed by atoms with Crippen LogP contribution in [-0.4, -0.2) is 16.2 Å². The maximum absolute atomic E-state index is 12.1. The number of hydrogen-bond donors (Lipinski definition) is 1. The number of aromatic amines is 1. The van der Waals surface area contributed by atoms with Crippen molar-refractivity contribution in [3.05, 3.63) is 71.4 Å². The van der Waals surface area contributed by atoms with Crippen molar-refractivity contribution in [1.82, 2.24) is 4.98 Å². The van der Waals surface area contributed by atoms with E-state index in [0.29, 0.717) is 0 Å². The molecule has 1 aliphatic heterocycles. The summed E-state index contributed by atoms with van der Waals surface area (Å²) in [4.78, 5) is 15.6. The fourth-order valence-corrected chi connectivity index (χ4v) is 3.73. The van der Waals surface area contributed by atoms with Crippen LogP contribution in [0.15, 0.2) is 65.8 Å². The van der Waals surface area contributed by atoms with Crippen molar-refractivity contribution < 1.29 is 9.16 Å². The number of hydrogen-bond acceptors (Lipinski definition) is 1. The Labute approximate surface area is 150 Å². The van der Waals surface area contributed by atoms with Crippen LogP contribution in [0.1, 0.15) is 0 Å². The molecule has 0 spiro atoms. The first-order valence-corrected chi connectivity index (χ1v) is 9.13. The monoisotopic (exact) mass is 390 g/mol. The minimum atomic E-state index is -0.216. The first kappa shape index (κ1) is 14.5. The third-order valence-electron chi connectivity index (χ3n) is 4.60. The second-order valence-corrected chi connectivity index (χ2v) is 6.57. The third kappa shape index (κ3) is 2.02. The van der Waals surface area contributed by atoms with Gasteiger partial charge in [0.25, 0.3) is 10.9 Å². The smallest absolute Gasteiger partial charge is 0.319 e. The lowest BCUT2D eigenvalue weighted by molar-refractivity contribution is -0.523. The number of aromatic nitrogens is 2. The normalized spacial score (nSPS) is 12.8. The predicted octanol–water partition coefficient (Wildman–Crippen LogP) is 4.16. The van der Waals surface area contributed by atoms with E-state index in [1.165, 1.54) is 10.8 Å². The summed E-state index contributed by atoms with van der Waals surface area (Å²) in [6, 6.07) is 20.4. The number of nitrogens with one attached hydrogen (secondary N) is 1. The molecule has 0 fully saturated rings. The molecule has 0 bridgehead atoms. The van der Waals surface area contributed by atoms with Crippen molar-refractivity contribution in [1.29, 1.82) is 0 Å². The standard InChI is InChI=1S/C20H12BrN3O/c21-11-17(25)23-24-16-10-2-1-9-15(16)22-19-13-7-3-5-12-6-4-8-14(18(12)13)20(19)24/h1-10H,11H2/p+1. The Bertz CT molecular complexity index is 1400. The zero-order valence-corrected chi connectivity index (χ0v) is 14.7. The number of halogens is 1. The molecule has 0 atom stereocenters. The number of benzene rings is 3. The first-order chi connectivity index (χ1) is 12.3. The number of carbonyl (C=O) groups is 1. The molecule has 25 heavy (non-hydrogen) atoms. The van der Waals surface area contributed by atoms with Gasteiger partial charge < -0.3 is 4.98 Å². The summed E-state index contributed by atoms with van der Waals surface area (Å²) in [6.07, 6.45) is 0. The van der Waals surface area contributed by atoms with Gasteiger partial charge >= 0.3 is 5.91 Å². The fourth-order valence-electron chi connectivity index (χ4n) is 3.62. The average Bonchev–Trinajstić information content (AvgIpc) is 2.97. The molecule has 4 nitrogen and oxygen atoms in total.